The van der Waals surface area contributed by atoms with Crippen molar-refractivity contribution in [1.29, 1.82) is 0 Å². The van der Waals surface area contributed by atoms with Gasteiger partial charge < -0.3 is 5.32 Å². The fourth-order valence-corrected chi connectivity index (χ4v) is 2.18. The van der Waals surface area contributed by atoms with Gasteiger partial charge in [0, 0.05) is 17.6 Å². The van der Waals surface area contributed by atoms with Crippen LogP contribution in [0.4, 0.5) is 13.2 Å². The molecular formula is C17H13ClF3NO. The van der Waals surface area contributed by atoms with Crippen LogP contribution in [0.2, 0.25) is 5.02 Å². The Bertz CT molecular complexity index is 711. The first-order chi connectivity index (χ1) is 10.9. The van der Waals surface area contributed by atoms with Crippen LogP contribution in [0.5, 0.6) is 0 Å². The minimum Gasteiger partial charge on any atom is -0.348 e. The molecule has 0 aliphatic rings. The van der Waals surface area contributed by atoms with Crippen molar-refractivity contribution >= 4 is 23.1 Å². The molecule has 0 heterocycles. The summed E-state index contributed by atoms with van der Waals surface area (Å²) in [7, 11) is 0. The molecule has 0 saturated carbocycles. The molecule has 6 heteroatoms. The van der Waals surface area contributed by atoms with Gasteiger partial charge in [0.15, 0.2) is 0 Å². The number of carbonyl (C=O) groups is 1. The first-order valence-electron chi connectivity index (χ1n) is 6.73. The molecule has 0 aromatic heterocycles. The second kappa shape index (κ2) is 7.33. The van der Waals surface area contributed by atoms with E-state index in [0.29, 0.717) is 16.7 Å². The van der Waals surface area contributed by atoms with Crippen molar-refractivity contribution in [1.82, 2.24) is 5.32 Å². The fourth-order valence-electron chi connectivity index (χ4n) is 1.96. The third kappa shape index (κ3) is 5.14. The summed E-state index contributed by atoms with van der Waals surface area (Å²) < 4.78 is 39.3. The zero-order valence-electron chi connectivity index (χ0n) is 11.9. The standard InChI is InChI=1S/C17H13ClF3NO/c18-14-8-4-5-12(9-14)11-22-16(23)10-15(17(19,20)21)13-6-2-1-3-7-13/h1-10H,11H2,(H,22,23)/b15-10-. The molecule has 1 amide bonds. The molecule has 0 saturated heterocycles. The molecule has 2 aromatic rings. The Labute approximate surface area is 136 Å². The third-order valence-electron chi connectivity index (χ3n) is 3.02. The molecule has 2 rings (SSSR count). The molecular weight excluding hydrogens is 327 g/mol. The van der Waals surface area contributed by atoms with Gasteiger partial charge in [0.1, 0.15) is 0 Å². The number of carbonyl (C=O) groups excluding carboxylic acids is 1. The van der Waals surface area contributed by atoms with Gasteiger partial charge in [0.25, 0.3) is 0 Å². The van der Waals surface area contributed by atoms with E-state index in [2.05, 4.69) is 5.32 Å². The number of alkyl halides is 3. The Balaban J connectivity index is 2.14. The van der Waals surface area contributed by atoms with Crippen molar-refractivity contribution in [2.75, 3.05) is 0 Å². The van der Waals surface area contributed by atoms with Gasteiger partial charge in [-0.1, -0.05) is 54.1 Å². The average Bonchev–Trinajstić information content (AvgIpc) is 2.50. The van der Waals surface area contributed by atoms with Crippen LogP contribution in [0.1, 0.15) is 11.1 Å². The van der Waals surface area contributed by atoms with Gasteiger partial charge in [0.2, 0.25) is 5.91 Å². The van der Waals surface area contributed by atoms with Gasteiger partial charge in [-0.3, -0.25) is 4.79 Å². The van der Waals surface area contributed by atoms with E-state index in [1.807, 2.05) is 0 Å². The molecule has 120 valence electrons. The lowest BCUT2D eigenvalue weighted by atomic mass is 10.1. The van der Waals surface area contributed by atoms with E-state index < -0.39 is 17.7 Å². The lowest BCUT2D eigenvalue weighted by Crippen LogP contribution is -2.22. The molecule has 0 unspecified atom stereocenters. The number of rotatable bonds is 4. The largest absolute Gasteiger partial charge is 0.417 e. The summed E-state index contributed by atoms with van der Waals surface area (Å²) in [6.07, 6.45) is -4.05. The number of nitrogens with one attached hydrogen (secondary N) is 1. The van der Waals surface area contributed by atoms with E-state index in [-0.39, 0.29) is 12.1 Å². The van der Waals surface area contributed by atoms with E-state index in [9.17, 15) is 18.0 Å². The van der Waals surface area contributed by atoms with Crippen LogP contribution in [0, 0.1) is 0 Å². The first-order valence-corrected chi connectivity index (χ1v) is 7.10. The summed E-state index contributed by atoms with van der Waals surface area (Å²) in [5.74, 6) is -0.818. The van der Waals surface area contributed by atoms with Crippen LogP contribution < -0.4 is 5.32 Å². The maximum atomic E-state index is 13.1. The lowest BCUT2D eigenvalue weighted by Gasteiger charge is -2.12. The summed E-state index contributed by atoms with van der Waals surface area (Å²) in [6, 6.07) is 13.9. The highest BCUT2D eigenvalue weighted by atomic mass is 35.5. The smallest absolute Gasteiger partial charge is 0.348 e. The topological polar surface area (TPSA) is 29.1 Å². The summed E-state index contributed by atoms with van der Waals surface area (Å²) in [4.78, 5) is 11.8. The molecule has 2 aromatic carbocycles. The van der Waals surface area contributed by atoms with Crippen LogP contribution in [-0.2, 0) is 11.3 Å². The molecule has 0 atom stereocenters. The van der Waals surface area contributed by atoms with Crippen LogP contribution in [0.3, 0.4) is 0 Å². The van der Waals surface area contributed by atoms with Crippen LogP contribution in [0.15, 0.2) is 60.7 Å². The van der Waals surface area contributed by atoms with Crippen molar-refractivity contribution in [3.63, 3.8) is 0 Å². The second-order valence-electron chi connectivity index (χ2n) is 4.77. The zero-order valence-corrected chi connectivity index (χ0v) is 12.7. The van der Waals surface area contributed by atoms with Gasteiger partial charge in [-0.25, -0.2) is 0 Å². The van der Waals surface area contributed by atoms with Crippen LogP contribution in [0.25, 0.3) is 5.57 Å². The van der Waals surface area contributed by atoms with Crippen molar-refractivity contribution in [3.05, 3.63) is 76.8 Å². The Morgan fingerprint density at radius 3 is 2.39 bits per heavy atom. The minimum atomic E-state index is -4.62. The molecule has 0 fully saturated rings. The fraction of sp³-hybridized carbons (Fsp3) is 0.118. The highest BCUT2D eigenvalue weighted by Gasteiger charge is 2.35. The van der Waals surface area contributed by atoms with E-state index in [1.54, 1.807) is 30.3 Å². The predicted octanol–water partition coefficient (Wildman–Crippen LogP) is 4.60. The van der Waals surface area contributed by atoms with E-state index in [0.717, 1.165) is 0 Å². The van der Waals surface area contributed by atoms with Crippen LogP contribution >= 0.6 is 11.6 Å². The number of hydrogen-bond donors (Lipinski definition) is 1. The molecule has 0 bridgehead atoms. The quantitative estimate of drug-likeness (QED) is 0.810. The van der Waals surface area contributed by atoms with Gasteiger partial charge in [-0.2, -0.15) is 13.2 Å². The third-order valence-corrected chi connectivity index (χ3v) is 3.26. The first kappa shape index (κ1) is 17.1. The normalized spacial score (nSPS) is 12.1. The Morgan fingerprint density at radius 2 is 1.78 bits per heavy atom. The molecule has 0 radical (unpaired) electrons. The van der Waals surface area contributed by atoms with E-state index >= 15 is 0 Å². The molecule has 0 aliphatic carbocycles. The number of allylic oxidation sites excluding steroid dienone is 1. The molecule has 23 heavy (non-hydrogen) atoms. The zero-order chi connectivity index (χ0) is 16.9. The molecule has 0 aliphatic heterocycles. The lowest BCUT2D eigenvalue weighted by molar-refractivity contribution is -0.117. The van der Waals surface area contributed by atoms with E-state index in [4.69, 9.17) is 11.6 Å². The predicted molar refractivity (Wildman–Crippen MR) is 83.8 cm³/mol. The maximum absolute atomic E-state index is 13.1. The van der Waals surface area contributed by atoms with Crippen molar-refractivity contribution in [3.8, 4) is 0 Å². The minimum absolute atomic E-state index is 0.0575. The summed E-state index contributed by atoms with van der Waals surface area (Å²) >= 11 is 5.81. The number of hydrogen-bond acceptors (Lipinski definition) is 1. The summed E-state index contributed by atoms with van der Waals surface area (Å²) in [5, 5.41) is 2.92. The number of halogens is 4. The molecule has 2 nitrogen and oxygen atoms in total. The van der Waals surface area contributed by atoms with Crippen molar-refractivity contribution < 1.29 is 18.0 Å². The monoisotopic (exact) mass is 339 g/mol. The summed E-state index contributed by atoms with van der Waals surface area (Å²) in [5.41, 5.74) is -0.341. The average molecular weight is 340 g/mol. The number of benzene rings is 2. The Morgan fingerprint density at radius 1 is 1.09 bits per heavy atom. The van der Waals surface area contributed by atoms with Crippen molar-refractivity contribution in [2.24, 2.45) is 0 Å². The maximum Gasteiger partial charge on any atom is 0.417 e. The van der Waals surface area contributed by atoms with Gasteiger partial charge in [-0.15, -0.1) is 0 Å². The van der Waals surface area contributed by atoms with Gasteiger partial charge in [-0.05, 0) is 23.3 Å². The SMILES string of the molecule is O=C(/C=C(/c1ccccc1)C(F)(F)F)NCc1cccc(Cl)c1. The van der Waals surface area contributed by atoms with Gasteiger partial charge >= 0.3 is 6.18 Å². The number of amides is 1. The van der Waals surface area contributed by atoms with Crippen LogP contribution in [-0.4, -0.2) is 12.1 Å². The van der Waals surface area contributed by atoms with E-state index in [1.165, 1.54) is 24.3 Å². The highest BCUT2D eigenvalue weighted by molar-refractivity contribution is 6.30. The molecule has 0 spiro atoms. The second-order valence-corrected chi connectivity index (χ2v) is 5.21. The Kier molecular flexibility index (Phi) is 5.45. The molecule has 1 N–H and O–H groups in total. The van der Waals surface area contributed by atoms with Gasteiger partial charge in [0.05, 0.1) is 5.57 Å². The van der Waals surface area contributed by atoms with Crippen molar-refractivity contribution in [2.45, 2.75) is 12.7 Å². The Hall–Kier alpha value is -2.27. The summed E-state index contributed by atoms with van der Waals surface area (Å²) in [6.45, 7) is 0.0931. The highest BCUT2D eigenvalue weighted by Crippen LogP contribution is 2.33.